The largest absolute Gasteiger partial charge is 0.397 e. The lowest BCUT2D eigenvalue weighted by Crippen LogP contribution is -2.24. The number of para-hydroxylation sites is 2. The summed E-state index contributed by atoms with van der Waals surface area (Å²) in [6, 6.07) is 7.33. The molecular weight excluding hydrogens is 266 g/mol. The Morgan fingerprint density at radius 1 is 1.48 bits per heavy atom. The molecular formula is C16H25N3O2. The van der Waals surface area contributed by atoms with Gasteiger partial charge >= 0.3 is 0 Å². The number of nitrogens with zero attached hydrogens (tertiary/aromatic N) is 1. The highest BCUT2D eigenvalue weighted by Gasteiger charge is 2.21. The van der Waals surface area contributed by atoms with Crippen LogP contribution in [0.1, 0.15) is 19.3 Å². The summed E-state index contributed by atoms with van der Waals surface area (Å²) in [6.07, 6.45) is 2.60. The number of likely N-dealkylation sites (tertiary alicyclic amines) is 1. The fourth-order valence-corrected chi connectivity index (χ4v) is 2.77. The average molecular weight is 291 g/mol. The number of anilines is 2. The Balaban J connectivity index is 1.65. The predicted molar refractivity (Wildman–Crippen MR) is 85.1 cm³/mol. The summed E-state index contributed by atoms with van der Waals surface area (Å²) >= 11 is 0. The molecule has 0 bridgehead atoms. The molecule has 1 fully saturated rings. The zero-order chi connectivity index (χ0) is 15.1. The molecule has 1 aromatic rings. The molecule has 21 heavy (non-hydrogen) atoms. The van der Waals surface area contributed by atoms with Crippen molar-refractivity contribution in [2.24, 2.45) is 5.92 Å². The molecule has 1 amide bonds. The van der Waals surface area contributed by atoms with Crippen LogP contribution in [-0.4, -0.2) is 44.2 Å². The quantitative estimate of drug-likeness (QED) is 0.754. The molecule has 0 radical (unpaired) electrons. The molecule has 1 aliphatic rings. The lowest BCUT2D eigenvalue weighted by molar-refractivity contribution is -0.116. The molecule has 3 N–H and O–H groups in total. The molecule has 0 saturated carbocycles. The van der Waals surface area contributed by atoms with E-state index in [4.69, 9.17) is 10.5 Å². The van der Waals surface area contributed by atoms with Crippen molar-refractivity contribution in [2.45, 2.75) is 19.3 Å². The molecule has 1 atom stereocenters. The minimum atomic E-state index is 0.0283. The van der Waals surface area contributed by atoms with Gasteiger partial charge in [-0.2, -0.15) is 0 Å². The Bertz CT molecular complexity index is 465. The van der Waals surface area contributed by atoms with Crippen LogP contribution < -0.4 is 11.1 Å². The smallest absolute Gasteiger partial charge is 0.224 e. The number of hydrogen-bond acceptors (Lipinski definition) is 4. The Labute approximate surface area is 126 Å². The standard InChI is InChI=1S/C16H25N3O2/c1-21-12-13-8-10-19(11-13)9-4-7-16(20)18-15-6-3-2-5-14(15)17/h2-3,5-6,13H,4,7-12,17H2,1H3,(H,18,20). The second kappa shape index (κ2) is 8.00. The number of amides is 1. The van der Waals surface area contributed by atoms with Gasteiger partial charge in [0.1, 0.15) is 0 Å². The number of carbonyl (C=O) groups excluding carboxylic acids is 1. The van der Waals surface area contributed by atoms with E-state index in [9.17, 15) is 4.79 Å². The van der Waals surface area contributed by atoms with Gasteiger partial charge in [-0.25, -0.2) is 0 Å². The van der Waals surface area contributed by atoms with E-state index in [0.717, 1.165) is 32.7 Å². The van der Waals surface area contributed by atoms with E-state index < -0.39 is 0 Å². The van der Waals surface area contributed by atoms with Crippen LogP contribution in [0.3, 0.4) is 0 Å². The van der Waals surface area contributed by atoms with Gasteiger partial charge in [0, 0.05) is 20.1 Å². The molecule has 2 rings (SSSR count). The van der Waals surface area contributed by atoms with Gasteiger partial charge < -0.3 is 20.7 Å². The molecule has 5 heteroatoms. The number of carbonyl (C=O) groups is 1. The SMILES string of the molecule is COCC1CCN(CCCC(=O)Nc2ccccc2N)C1. The monoisotopic (exact) mass is 291 g/mol. The number of methoxy groups -OCH3 is 1. The van der Waals surface area contributed by atoms with Crippen molar-refractivity contribution in [2.75, 3.05) is 44.4 Å². The highest BCUT2D eigenvalue weighted by molar-refractivity contribution is 5.93. The van der Waals surface area contributed by atoms with Crippen LogP contribution in [0.4, 0.5) is 11.4 Å². The van der Waals surface area contributed by atoms with Gasteiger partial charge in [0.25, 0.3) is 0 Å². The first-order chi connectivity index (χ1) is 10.2. The Morgan fingerprint density at radius 3 is 3.05 bits per heavy atom. The van der Waals surface area contributed by atoms with E-state index in [1.165, 1.54) is 6.42 Å². The summed E-state index contributed by atoms with van der Waals surface area (Å²) in [6.45, 7) is 4.00. The second-order valence-electron chi connectivity index (χ2n) is 5.65. The number of nitrogens with one attached hydrogen (secondary N) is 1. The number of hydrogen-bond donors (Lipinski definition) is 2. The van der Waals surface area contributed by atoms with Crippen LogP contribution in [-0.2, 0) is 9.53 Å². The van der Waals surface area contributed by atoms with Crippen LogP contribution in [0.25, 0.3) is 0 Å². The van der Waals surface area contributed by atoms with E-state index in [1.54, 1.807) is 13.2 Å². The molecule has 1 aromatic carbocycles. The van der Waals surface area contributed by atoms with Gasteiger partial charge in [0.05, 0.1) is 18.0 Å². The van der Waals surface area contributed by atoms with Gasteiger partial charge in [-0.05, 0) is 44.0 Å². The molecule has 0 aromatic heterocycles. The Hall–Kier alpha value is -1.59. The maximum atomic E-state index is 11.9. The van der Waals surface area contributed by atoms with Gasteiger partial charge in [-0.3, -0.25) is 4.79 Å². The third kappa shape index (κ3) is 5.02. The third-order valence-corrected chi connectivity index (χ3v) is 3.89. The number of benzene rings is 1. The minimum absolute atomic E-state index is 0.0283. The third-order valence-electron chi connectivity index (χ3n) is 3.89. The molecule has 0 aliphatic carbocycles. The first-order valence-corrected chi connectivity index (χ1v) is 7.54. The van der Waals surface area contributed by atoms with Gasteiger partial charge in [0.2, 0.25) is 5.91 Å². The van der Waals surface area contributed by atoms with E-state index in [0.29, 0.717) is 23.7 Å². The zero-order valence-electron chi connectivity index (χ0n) is 12.7. The number of rotatable bonds is 7. The number of nitrogens with two attached hydrogens (primary N) is 1. The first kappa shape index (κ1) is 15.8. The van der Waals surface area contributed by atoms with Crippen LogP contribution in [0.15, 0.2) is 24.3 Å². The maximum Gasteiger partial charge on any atom is 0.224 e. The van der Waals surface area contributed by atoms with Crippen molar-refractivity contribution < 1.29 is 9.53 Å². The van der Waals surface area contributed by atoms with E-state index >= 15 is 0 Å². The number of nitrogen functional groups attached to an aromatic ring is 1. The van der Waals surface area contributed by atoms with Crippen molar-refractivity contribution in [1.29, 1.82) is 0 Å². The fraction of sp³-hybridized carbons (Fsp3) is 0.562. The topological polar surface area (TPSA) is 67.6 Å². The Morgan fingerprint density at radius 2 is 2.29 bits per heavy atom. The summed E-state index contributed by atoms with van der Waals surface area (Å²) in [5.74, 6) is 0.675. The van der Waals surface area contributed by atoms with Gasteiger partial charge in [-0.15, -0.1) is 0 Å². The molecule has 1 unspecified atom stereocenters. The maximum absolute atomic E-state index is 11.9. The Kier molecular flexibility index (Phi) is 6.02. The summed E-state index contributed by atoms with van der Waals surface area (Å²) in [5.41, 5.74) is 7.11. The second-order valence-corrected chi connectivity index (χ2v) is 5.65. The molecule has 1 heterocycles. The molecule has 5 nitrogen and oxygen atoms in total. The summed E-state index contributed by atoms with van der Waals surface area (Å²) in [5, 5.41) is 2.86. The van der Waals surface area contributed by atoms with Crippen LogP contribution in [0, 0.1) is 5.92 Å². The van der Waals surface area contributed by atoms with E-state index in [2.05, 4.69) is 10.2 Å². The van der Waals surface area contributed by atoms with Crippen molar-refractivity contribution in [3.63, 3.8) is 0 Å². The van der Waals surface area contributed by atoms with E-state index in [1.807, 2.05) is 18.2 Å². The normalized spacial score (nSPS) is 18.8. The first-order valence-electron chi connectivity index (χ1n) is 7.54. The molecule has 1 saturated heterocycles. The van der Waals surface area contributed by atoms with Crippen LogP contribution in [0.5, 0.6) is 0 Å². The average Bonchev–Trinajstić information content (AvgIpc) is 2.89. The minimum Gasteiger partial charge on any atom is -0.397 e. The fourth-order valence-electron chi connectivity index (χ4n) is 2.77. The molecule has 116 valence electrons. The zero-order valence-corrected chi connectivity index (χ0v) is 12.7. The van der Waals surface area contributed by atoms with Crippen molar-refractivity contribution >= 4 is 17.3 Å². The predicted octanol–water partition coefficient (Wildman–Crippen LogP) is 1.96. The highest BCUT2D eigenvalue weighted by atomic mass is 16.5. The van der Waals surface area contributed by atoms with Gasteiger partial charge in [-0.1, -0.05) is 12.1 Å². The summed E-state index contributed by atoms with van der Waals surface area (Å²) < 4.78 is 5.19. The highest BCUT2D eigenvalue weighted by Crippen LogP contribution is 2.18. The van der Waals surface area contributed by atoms with Gasteiger partial charge in [0.15, 0.2) is 0 Å². The van der Waals surface area contributed by atoms with Crippen LogP contribution >= 0.6 is 0 Å². The summed E-state index contributed by atoms with van der Waals surface area (Å²) in [7, 11) is 1.75. The number of ether oxygens (including phenoxy) is 1. The van der Waals surface area contributed by atoms with Crippen LogP contribution in [0.2, 0.25) is 0 Å². The molecule has 0 spiro atoms. The summed E-state index contributed by atoms with van der Waals surface area (Å²) in [4.78, 5) is 14.3. The lowest BCUT2D eigenvalue weighted by atomic mass is 10.1. The van der Waals surface area contributed by atoms with E-state index in [-0.39, 0.29) is 5.91 Å². The van der Waals surface area contributed by atoms with Crippen molar-refractivity contribution in [3.8, 4) is 0 Å². The molecule has 1 aliphatic heterocycles. The van der Waals surface area contributed by atoms with Crippen molar-refractivity contribution in [1.82, 2.24) is 4.90 Å². The van der Waals surface area contributed by atoms with Crippen molar-refractivity contribution in [3.05, 3.63) is 24.3 Å². The lowest BCUT2D eigenvalue weighted by Gasteiger charge is -2.15.